The molecule has 3 N–H and O–H groups in total. The van der Waals surface area contributed by atoms with Gasteiger partial charge in [0, 0.05) is 30.8 Å². The van der Waals surface area contributed by atoms with E-state index in [0.717, 1.165) is 41.6 Å². The van der Waals surface area contributed by atoms with E-state index in [1.54, 1.807) is 0 Å². The molecule has 0 fully saturated rings. The quantitative estimate of drug-likeness (QED) is 0.434. The molecule has 0 spiro atoms. The van der Waals surface area contributed by atoms with Crippen LogP contribution >= 0.6 is 0 Å². The summed E-state index contributed by atoms with van der Waals surface area (Å²) in [7, 11) is 0. The van der Waals surface area contributed by atoms with Crippen LogP contribution in [-0.2, 0) is 23.9 Å². The molecule has 0 heterocycles. The molecule has 0 saturated carbocycles. The molecule has 178 valence electrons. The highest BCUT2D eigenvalue weighted by molar-refractivity contribution is 5.46. The number of rotatable bonds is 8. The van der Waals surface area contributed by atoms with E-state index in [4.69, 9.17) is 0 Å². The minimum atomic E-state index is -0.00858. The Morgan fingerprint density at radius 1 is 0.688 bits per heavy atom. The fourth-order valence-electron chi connectivity index (χ4n) is 3.96. The topological polar surface area (TPSA) is 63.9 Å². The molecule has 0 unspecified atom stereocenters. The number of hydrogen-bond acceptors (Lipinski definition) is 4. The van der Waals surface area contributed by atoms with Crippen LogP contribution in [0.3, 0.4) is 0 Å². The molecule has 0 bridgehead atoms. The van der Waals surface area contributed by atoms with Crippen molar-refractivity contribution in [3.63, 3.8) is 0 Å². The Bertz CT molecular complexity index is 848. The lowest BCUT2D eigenvalue weighted by Gasteiger charge is -2.27. The van der Waals surface area contributed by atoms with Gasteiger partial charge in [-0.1, -0.05) is 65.8 Å². The number of aliphatic hydroxyl groups is 1. The zero-order valence-electron chi connectivity index (χ0n) is 21.3. The average molecular weight is 442 g/mol. The third-order valence-corrected chi connectivity index (χ3v) is 6.16. The summed E-state index contributed by atoms with van der Waals surface area (Å²) in [6.45, 7) is 19.1. The van der Waals surface area contributed by atoms with Crippen LogP contribution in [0.2, 0.25) is 0 Å². The Hall–Kier alpha value is -2.04. The Balaban J connectivity index is 2.43. The summed E-state index contributed by atoms with van der Waals surface area (Å²) in [6.07, 6.45) is 1.59. The lowest BCUT2D eigenvalue weighted by molar-refractivity contribution is 0.225. The van der Waals surface area contributed by atoms with Gasteiger partial charge in [0.1, 0.15) is 11.5 Å². The van der Waals surface area contributed by atoms with Crippen LogP contribution in [0.25, 0.3) is 0 Å². The summed E-state index contributed by atoms with van der Waals surface area (Å²) >= 11 is 0. The fourth-order valence-corrected chi connectivity index (χ4v) is 3.96. The van der Waals surface area contributed by atoms with Crippen molar-refractivity contribution in [2.24, 2.45) is 0 Å². The zero-order valence-corrected chi connectivity index (χ0v) is 21.3. The van der Waals surface area contributed by atoms with Crippen LogP contribution in [0, 0.1) is 13.8 Å². The van der Waals surface area contributed by atoms with Crippen molar-refractivity contribution in [3.8, 4) is 11.5 Å². The van der Waals surface area contributed by atoms with Crippen LogP contribution in [-0.4, -0.2) is 33.4 Å². The molecule has 0 aliphatic carbocycles. The molecule has 0 radical (unpaired) electrons. The second kappa shape index (κ2) is 10.3. The van der Waals surface area contributed by atoms with Crippen LogP contribution in [0.4, 0.5) is 0 Å². The molecule has 4 heteroatoms. The number of aliphatic hydroxyl groups excluding tert-OH is 1. The summed E-state index contributed by atoms with van der Waals surface area (Å²) in [5, 5.41) is 30.9. The number of aryl methyl sites for hydroxylation is 2. The van der Waals surface area contributed by atoms with Gasteiger partial charge in [0.25, 0.3) is 0 Å². The van der Waals surface area contributed by atoms with Crippen molar-refractivity contribution in [3.05, 3.63) is 57.6 Å². The highest BCUT2D eigenvalue weighted by Crippen LogP contribution is 2.34. The summed E-state index contributed by atoms with van der Waals surface area (Å²) in [5.41, 5.74) is 5.96. The SMILES string of the molecule is Cc1cc(C(C)(C)C)cc(CN(CCCCO)Cc2cc(C(C)(C)C)cc(C)c2O)c1O. The van der Waals surface area contributed by atoms with E-state index in [1.165, 1.54) is 11.1 Å². The van der Waals surface area contributed by atoms with Crippen LogP contribution in [0.15, 0.2) is 24.3 Å². The van der Waals surface area contributed by atoms with Crippen molar-refractivity contribution < 1.29 is 15.3 Å². The van der Waals surface area contributed by atoms with Crippen molar-refractivity contribution >= 4 is 0 Å². The fraction of sp³-hybridized carbons (Fsp3) is 0.571. The van der Waals surface area contributed by atoms with E-state index in [2.05, 4.69) is 70.7 Å². The second-order valence-electron chi connectivity index (χ2n) is 11.2. The Morgan fingerprint density at radius 3 is 1.44 bits per heavy atom. The van der Waals surface area contributed by atoms with E-state index < -0.39 is 0 Å². The Labute approximate surface area is 194 Å². The van der Waals surface area contributed by atoms with Gasteiger partial charge in [0.2, 0.25) is 0 Å². The maximum atomic E-state index is 10.8. The molecule has 0 atom stereocenters. The largest absolute Gasteiger partial charge is 0.507 e. The van der Waals surface area contributed by atoms with Crippen LogP contribution in [0.1, 0.15) is 87.8 Å². The summed E-state index contributed by atoms with van der Waals surface area (Å²) < 4.78 is 0. The first-order chi connectivity index (χ1) is 14.7. The van der Waals surface area contributed by atoms with Gasteiger partial charge in [-0.15, -0.1) is 0 Å². The molecule has 0 aromatic heterocycles. The van der Waals surface area contributed by atoms with E-state index >= 15 is 0 Å². The first kappa shape index (κ1) is 26.2. The Morgan fingerprint density at radius 2 is 1.09 bits per heavy atom. The third-order valence-electron chi connectivity index (χ3n) is 6.16. The molecule has 4 nitrogen and oxygen atoms in total. The number of unbranched alkanes of at least 4 members (excludes halogenated alkanes) is 1. The number of hydrogen-bond donors (Lipinski definition) is 3. The number of nitrogens with zero attached hydrogens (tertiary/aromatic N) is 1. The summed E-state index contributed by atoms with van der Waals surface area (Å²) in [6, 6.07) is 8.35. The van der Waals surface area contributed by atoms with E-state index in [-0.39, 0.29) is 17.4 Å². The van der Waals surface area contributed by atoms with Crippen molar-refractivity contribution in [1.29, 1.82) is 0 Å². The number of benzene rings is 2. The minimum absolute atomic E-state index is 0.00858. The highest BCUT2D eigenvalue weighted by atomic mass is 16.3. The van der Waals surface area contributed by atoms with Gasteiger partial charge in [0.05, 0.1) is 0 Å². The predicted octanol–water partition coefficient (Wildman–Crippen LogP) is 6.08. The van der Waals surface area contributed by atoms with Gasteiger partial charge in [-0.3, -0.25) is 4.90 Å². The lowest BCUT2D eigenvalue weighted by atomic mass is 9.84. The molecule has 0 aliphatic rings. The van der Waals surface area contributed by atoms with E-state index in [1.807, 2.05) is 13.8 Å². The molecular weight excluding hydrogens is 398 g/mol. The van der Waals surface area contributed by atoms with E-state index in [0.29, 0.717) is 24.6 Å². The first-order valence-electron chi connectivity index (χ1n) is 11.7. The molecule has 2 rings (SSSR count). The van der Waals surface area contributed by atoms with Gasteiger partial charge in [0.15, 0.2) is 0 Å². The second-order valence-corrected chi connectivity index (χ2v) is 11.2. The normalized spacial score (nSPS) is 12.6. The van der Waals surface area contributed by atoms with Gasteiger partial charge in [-0.05, 0) is 66.3 Å². The lowest BCUT2D eigenvalue weighted by Crippen LogP contribution is -2.25. The van der Waals surface area contributed by atoms with Crippen molar-refractivity contribution in [2.45, 2.75) is 92.2 Å². The molecule has 32 heavy (non-hydrogen) atoms. The van der Waals surface area contributed by atoms with Gasteiger partial charge in [-0.2, -0.15) is 0 Å². The molecule has 2 aromatic carbocycles. The average Bonchev–Trinajstić information content (AvgIpc) is 2.67. The number of phenolic OH excluding ortho intramolecular Hbond substituents is 2. The van der Waals surface area contributed by atoms with Crippen molar-refractivity contribution in [1.82, 2.24) is 4.90 Å². The smallest absolute Gasteiger partial charge is 0.122 e. The molecule has 0 aliphatic heterocycles. The summed E-state index contributed by atoms with van der Waals surface area (Å²) in [4.78, 5) is 2.26. The van der Waals surface area contributed by atoms with E-state index in [9.17, 15) is 15.3 Å². The Kier molecular flexibility index (Phi) is 8.41. The standard InChI is InChI=1S/C28H43NO3/c1-19-13-23(27(3,4)5)15-21(25(19)31)17-29(11-9-10-12-30)18-22-16-24(28(6,7)8)14-20(2)26(22)32/h13-16,30-32H,9-12,17-18H2,1-8H3. The number of phenols is 2. The van der Waals surface area contributed by atoms with Gasteiger partial charge >= 0.3 is 0 Å². The molecule has 0 saturated heterocycles. The monoisotopic (exact) mass is 441 g/mol. The molecule has 0 amide bonds. The van der Waals surface area contributed by atoms with Crippen LogP contribution in [0.5, 0.6) is 11.5 Å². The molecular formula is C28H43NO3. The first-order valence-corrected chi connectivity index (χ1v) is 11.7. The minimum Gasteiger partial charge on any atom is -0.507 e. The maximum Gasteiger partial charge on any atom is 0.122 e. The zero-order chi connectivity index (χ0) is 24.3. The highest BCUT2D eigenvalue weighted by Gasteiger charge is 2.21. The maximum absolute atomic E-state index is 10.8. The predicted molar refractivity (Wildman–Crippen MR) is 134 cm³/mol. The van der Waals surface area contributed by atoms with Gasteiger partial charge < -0.3 is 15.3 Å². The van der Waals surface area contributed by atoms with Crippen LogP contribution < -0.4 is 0 Å². The molecule has 2 aromatic rings. The summed E-state index contributed by atoms with van der Waals surface area (Å²) in [5.74, 6) is 0.683. The third kappa shape index (κ3) is 6.73. The van der Waals surface area contributed by atoms with Gasteiger partial charge in [-0.25, -0.2) is 0 Å². The number of aromatic hydroxyl groups is 2. The van der Waals surface area contributed by atoms with Crippen molar-refractivity contribution in [2.75, 3.05) is 13.2 Å².